The minimum atomic E-state index is -1.25. The number of oxime groups is 1. The predicted octanol–water partition coefficient (Wildman–Crippen LogP) is 3.05. The molecule has 6 nitrogen and oxygen atoms in total. The topological polar surface area (TPSA) is 96.2 Å². The largest absolute Gasteiger partial charge is 0.481 e. The van der Waals surface area contributed by atoms with Crippen LogP contribution in [-0.4, -0.2) is 40.9 Å². The number of allylic oxidation sites excluding steroid dienone is 1. The number of rotatable bonds is 5. The van der Waals surface area contributed by atoms with Gasteiger partial charge in [0.1, 0.15) is 11.7 Å². The molecule has 0 aromatic carbocycles. The Morgan fingerprint density at radius 2 is 2.14 bits per heavy atom. The smallest absolute Gasteiger partial charge is 0.315 e. The molecule has 1 aliphatic heterocycles. The van der Waals surface area contributed by atoms with Crippen molar-refractivity contribution in [3.05, 3.63) is 11.6 Å². The number of aliphatic carboxylic acids is 1. The van der Waals surface area contributed by atoms with Crippen LogP contribution < -0.4 is 0 Å². The zero-order valence-electron chi connectivity index (χ0n) is 17.4. The van der Waals surface area contributed by atoms with E-state index in [0.29, 0.717) is 24.7 Å². The van der Waals surface area contributed by atoms with E-state index >= 15 is 0 Å². The Morgan fingerprint density at radius 1 is 1.38 bits per heavy atom. The summed E-state index contributed by atoms with van der Waals surface area (Å²) in [4.78, 5) is 31.7. The maximum Gasteiger partial charge on any atom is 0.315 e. The molecule has 5 aliphatic rings. The third-order valence-electron chi connectivity index (χ3n) is 9.38. The minimum Gasteiger partial charge on any atom is -0.481 e. The number of carboxylic acid groups (broad SMARTS) is 1. The van der Waals surface area contributed by atoms with Crippen molar-refractivity contribution in [1.29, 1.82) is 0 Å². The number of nitrogens with zero attached hydrogens (tertiary/aromatic N) is 1. The average Bonchev–Trinajstić information content (AvgIpc) is 3.41. The summed E-state index contributed by atoms with van der Waals surface area (Å²) in [5.74, 6) is 0.0663. The molecule has 6 heteroatoms. The van der Waals surface area contributed by atoms with Crippen LogP contribution >= 0.6 is 0 Å². The molecule has 2 N–H and O–H groups in total. The highest BCUT2D eigenvalue weighted by molar-refractivity contribution is 6.03. The van der Waals surface area contributed by atoms with Crippen LogP contribution in [0.15, 0.2) is 16.8 Å². The number of aliphatic hydroxyl groups is 1. The molecule has 3 saturated carbocycles. The normalized spacial score (nSPS) is 49.6. The van der Waals surface area contributed by atoms with Crippen molar-refractivity contribution in [3.63, 3.8) is 0 Å². The van der Waals surface area contributed by atoms with Crippen LogP contribution in [0.4, 0.5) is 0 Å². The summed E-state index contributed by atoms with van der Waals surface area (Å²) in [5.41, 5.74) is -1.19. The molecule has 0 amide bonds. The molecule has 29 heavy (non-hydrogen) atoms. The monoisotopic (exact) mass is 401 g/mol. The summed E-state index contributed by atoms with van der Waals surface area (Å²) >= 11 is 0. The molecule has 1 unspecified atom stereocenters. The fourth-order valence-corrected chi connectivity index (χ4v) is 8.51. The van der Waals surface area contributed by atoms with Crippen molar-refractivity contribution in [2.45, 2.75) is 59.0 Å². The lowest BCUT2D eigenvalue weighted by molar-refractivity contribution is -0.173. The summed E-state index contributed by atoms with van der Waals surface area (Å²) in [6, 6.07) is 0. The SMILES string of the molecule is CC(C)C1=C[C@H]2C[C@]3(C=O)[C@@H]4CC[C@@H](C)[C@H]4C[C@@]2(C2=NOC(CO)C2)[C@]13C(=O)O. The first kappa shape index (κ1) is 19.3. The van der Waals surface area contributed by atoms with E-state index in [-0.39, 0.29) is 24.4 Å². The van der Waals surface area contributed by atoms with E-state index in [2.05, 4.69) is 18.2 Å². The molecule has 5 rings (SSSR count). The molecular weight excluding hydrogens is 370 g/mol. The summed E-state index contributed by atoms with van der Waals surface area (Å²) < 4.78 is 0. The number of aldehydes is 1. The molecule has 0 radical (unpaired) electrons. The van der Waals surface area contributed by atoms with Crippen molar-refractivity contribution in [1.82, 2.24) is 0 Å². The molecule has 0 aromatic heterocycles. The lowest BCUT2D eigenvalue weighted by atomic mass is 9.41. The van der Waals surface area contributed by atoms with E-state index in [1.54, 1.807) is 0 Å². The van der Waals surface area contributed by atoms with E-state index in [4.69, 9.17) is 4.84 Å². The maximum atomic E-state index is 13.3. The third-order valence-corrected chi connectivity index (χ3v) is 9.38. The van der Waals surface area contributed by atoms with Gasteiger partial charge in [0.2, 0.25) is 0 Å². The molecule has 1 heterocycles. The predicted molar refractivity (Wildman–Crippen MR) is 106 cm³/mol. The summed E-state index contributed by atoms with van der Waals surface area (Å²) in [5, 5.41) is 24.9. The number of carbonyl (C=O) groups is 2. The first-order valence-electron chi connectivity index (χ1n) is 11.1. The molecule has 3 fully saturated rings. The van der Waals surface area contributed by atoms with Gasteiger partial charge < -0.3 is 19.8 Å². The van der Waals surface area contributed by atoms with Gasteiger partial charge in [-0.05, 0) is 48.9 Å². The van der Waals surface area contributed by atoms with Gasteiger partial charge in [-0.1, -0.05) is 44.0 Å². The Bertz CT molecular complexity index is 833. The molecule has 158 valence electrons. The molecule has 4 aliphatic carbocycles. The minimum absolute atomic E-state index is 0.0150. The van der Waals surface area contributed by atoms with E-state index in [1.165, 1.54) is 0 Å². The first-order valence-corrected chi connectivity index (χ1v) is 11.1. The van der Waals surface area contributed by atoms with Crippen LogP contribution in [0.2, 0.25) is 0 Å². The van der Waals surface area contributed by atoms with Crippen LogP contribution in [0.5, 0.6) is 0 Å². The van der Waals surface area contributed by atoms with Gasteiger partial charge in [0.05, 0.1) is 17.7 Å². The van der Waals surface area contributed by atoms with Gasteiger partial charge in [-0.25, -0.2) is 0 Å². The maximum absolute atomic E-state index is 13.3. The van der Waals surface area contributed by atoms with Gasteiger partial charge >= 0.3 is 5.97 Å². The zero-order chi connectivity index (χ0) is 20.8. The molecular formula is C23H31NO5. The van der Waals surface area contributed by atoms with Crippen molar-refractivity contribution in [2.75, 3.05) is 6.61 Å². The van der Waals surface area contributed by atoms with Crippen molar-refractivity contribution >= 4 is 18.0 Å². The molecule has 4 bridgehead atoms. The van der Waals surface area contributed by atoms with Crippen LogP contribution in [0.3, 0.4) is 0 Å². The first-order chi connectivity index (χ1) is 13.8. The summed E-state index contributed by atoms with van der Waals surface area (Å²) in [6.45, 7) is 6.19. The zero-order valence-corrected chi connectivity index (χ0v) is 17.4. The van der Waals surface area contributed by atoms with Crippen LogP contribution in [0.25, 0.3) is 0 Å². The van der Waals surface area contributed by atoms with E-state index < -0.39 is 28.3 Å². The van der Waals surface area contributed by atoms with E-state index in [1.807, 2.05) is 13.8 Å². The van der Waals surface area contributed by atoms with Gasteiger partial charge in [-0.3, -0.25) is 4.79 Å². The van der Waals surface area contributed by atoms with Crippen molar-refractivity contribution < 1.29 is 24.6 Å². The molecule has 0 aromatic rings. The van der Waals surface area contributed by atoms with Gasteiger partial charge in [0, 0.05) is 11.8 Å². The lowest BCUT2D eigenvalue weighted by Gasteiger charge is -2.58. The lowest BCUT2D eigenvalue weighted by Crippen LogP contribution is -2.64. The fourth-order valence-electron chi connectivity index (χ4n) is 8.51. The fraction of sp³-hybridized carbons (Fsp3) is 0.783. The van der Waals surface area contributed by atoms with Gasteiger partial charge in [-0.15, -0.1) is 0 Å². The van der Waals surface area contributed by atoms with E-state index in [9.17, 15) is 19.8 Å². The Kier molecular flexibility index (Phi) is 3.94. The van der Waals surface area contributed by atoms with Crippen LogP contribution in [0.1, 0.15) is 52.9 Å². The Hall–Kier alpha value is -1.69. The highest BCUT2D eigenvalue weighted by atomic mass is 16.6. The van der Waals surface area contributed by atoms with Crippen LogP contribution in [0, 0.1) is 45.8 Å². The Morgan fingerprint density at radius 3 is 2.72 bits per heavy atom. The number of carbonyl (C=O) groups excluding carboxylic acids is 1. The van der Waals surface area contributed by atoms with Crippen LogP contribution in [-0.2, 0) is 14.4 Å². The van der Waals surface area contributed by atoms with Crippen molar-refractivity contribution in [2.24, 2.45) is 51.0 Å². The quantitative estimate of drug-likeness (QED) is 0.545. The van der Waals surface area contributed by atoms with Crippen molar-refractivity contribution in [3.8, 4) is 0 Å². The van der Waals surface area contributed by atoms with Gasteiger partial charge in [-0.2, -0.15) is 0 Å². The molecule has 0 saturated heterocycles. The number of aliphatic hydroxyl groups excluding tert-OH is 1. The second kappa shape index (κ2) is 5.93. The molecule has 0 spiro atoms. The Balaban J connectivity index is 1.79. The second-order valence-electron chi connectivity index (χ2n) is 10.5. The summed E-state index contributed by atoms with van der Waals surface area (Å²) in [7, 11) is 0. The van der Waals surface area contributed by atoms with Gasteiger partial charge in [0.15, 0.2) is 6.10 Å². The number of carboxylic acids is 1. The standard InChI is InChI=1S/C23H31NO5/c1-12(2)18-6-14-8-21(11-26)17-5-4-13(3)16(17)9-22(14,23(18,21)20(27)28)19-7-15(10-25)29-24-19/h6,11-17,25H,4-5,7-10H2,1-3H3,(H,27,28)/t13-,14+,15?,16-,17-,21+,22-,23+/m1/s1. The summed E-state index contributed by atoms with van der Waals surface area (Å²) in [6.07, 6.45) is 6.54. The third kappa shape index (κ3) is 1.86. The van der Waals surface area contributed by atoms with Gasteiger partial charge in [0.25, 0.3) is 0 Å². The number of hydrogen-bond acceptors (Lipinski definition) is 5. The molecule has 8 atom stereocenters. The highest BCUT2D eigenvalue weighted by Gasteiger charge is 2.85. The highest BCUT2D eigenvalue weighted by Crippen LogP contribution is 2.83. The van der Waals surface area contributed by atoms with E-state index in [0.717, 1.165) is 36.8 Å². The second-order valence-corrected chi connectivity index (χ2v) is 10.5. The number of fused-ring (bicyclic) bond motifs is 2. The number of hydrogen-bond donors (Lipinski definition) is 2. The Labute approximate surface area is 171 Å². The average molecular weight is 402 g/mol.